The van der Waals surface area contributed by atoms with Crippen molar-refractivity contribution in [2.45, 2.75) is 13.8 Å². The minimum atomic E-state index is 0.0623. The van der Waals surface area contributed by atoms with E-state index < -0.39 is 0 Å². The normalized spacial score (nSPS) is 11.7. The number of benzene rings is 1. The molecular formula is C14H15NO. The third kappa shape index (κ3) is 2.22. The SMILES string of the molecule is CC(C)C(=O)C=Cc1ccc2[nH]ccc2c1. The lowest BCUT2D eigenvalue weighted by molar-refractivity contribution is -0.117. The summed E-state index contributed by atoms with van der Waals surface area (Å²) in [6, 6.07) is 8.12. The van der Waals surface area contributed by atoms with Crippen LogP contribution in [-0.2, 0) is 4.79 Å². The van der Waals surface area contributed by atoms with Gasteiger partial charge in [-0.2, -0.15) is 0 Å². The molecule has 16 heavy (non-hydrogen) atoms. The van der Waals surface area contributed by atoms with E-state index >= 15 is 0 Å². The Balaban J connectivity index is 2.24. The predicted octanol–water partition coefficient (Wildman–Crippen LogP) is 3.41. The topological polar surface area (TPSA) is 32.9 Å². The van der Waals surface area contributed by atoms with Gasteiger partial charge in [0.2, 0.25) is 0 Å². The lowest BCUT2D eigenvalue weighted by Crippen LogP contribution is -2.01. The van der Waals surface area contributed by atoms with E-state index in [2.05, 4.69) is 11.1 Å². The van der Waals surface area contributed by atoms with Crippen LogP contribution in [-0.4, -0.2) is 10.8 Å². The molecule has 2 aromatic rings. The number of allylic oxidation sites excluding steroid dienone is 1. The molecule has 2 rings (SSSR count). The summed E-state index contributed by atoms with van der Waals surface area (Å²) in [5.74, 6) is 0.224. The number of aromatic amines is 1. The van der Waals surface area contributed by atoms with Gasteiger partial charge in [0.15, 0.2) is 5.78 Å². The van der Waals surface area contributed by atoms with Crippen LogP contribution in [0.4, 0.5) is 0 Å². The van der Waals surface area contributed by atoms with Crippen LogP contribution in [0.25, 0.3) is 17.0 Å². The van der Waals surface area contributed by atoms with E-state index in [0.29, 0.717) is 0 Å². The van der Waals surface area contributed by atoms with Crippen LogP contribution in [0.15, 0.2) is 36.5 Å². The second-order valence-electron chi connectivity index (χ2n) is 4.21. The van der Waals surface area contributed by atoms with Crippen LogP contribution in [0.1, 0.15) is 19.4 Å². The minimum Gasteiger partial charge on any atom is -0.361 e. The molecule has 1 N–H and O–H groups in total. The molecule has 2 heteroatoms. The Morgan fingerprint density at radius 2 is 2.12 bits per heavy atom. The average molecular weight is 213 g/mol. The molecule has 0 unspecified atom stereocenters. The zero-order valence-electron chi connectivity index (χ0n) is 9.53. The van der Waals surface area contributed by atoms with Crippen LogP contribution in [0.3, 0.4) is 0 Å². The molecule has 1 heterocycles. The highest BCUT2D eigenvalue weighted by atomic mass is 16.1. The van der Waals surface area contributed by atoms with Gasteiger partial charge in [0.1, 0.15) is 0 Å². The number of H-pyrrole nitrogens is 1. The first-order valence-corrected chi connectivity index (χ1v) is 5.46. The lowest BCUT2D eigenvalue weighted by atomic mass is 10.1. The van der Waals surface area contributed by atoms with E-state index in [1.54, 1.807) is 6.08 Å². The van der Waals surface area contributed by atoms with Crippen molar-refractivity contribution in [2.75, 3.05) is 0 Å². The first-order valence-electron chi connectivity index (χ1n) is 5.46. The van der Waals surface area contributed by atoms with Gasteiger partial charge in [-0.05, 0) is 35.2 Å². The van der Waals surface area contributed by atoms with Gasteiger partial charge in [0, 0.05) is 17.6 Å². The fourth-order valence-corrected chi connectivity index (χ4v) is 1.55. The van der Waals surface area contributed by atoms with Crippen molar-refractivity contribution < 1.29 is 4.79 Å². The molecule has 0 fully saturated rings. The highest BCUT2D eigenvalue weighted by Crippen LogP contribution is 2.15. The molecule has 0 aliphatic carbocycles. The first kappa shape index (κ1) is 10.7. The van der Waals surface area contributed by atoms with E-state index in [1.807, 2.05) is 44.3 Å². The number of rotatable bonds is 3. The van der Waals surface area contributed by atoms with Crippen LogP contribution in [0.2, 0.25) is 0 Å². The summed E-state index contributed by atoms with van der Waals surface area (Å²) in [4.78, 5) is 14.6. The van der Waals surface area contributed by atoms with Gasteiger partial charge in [-0.15, -0.1) is 0 Å². The van der Waals surface area contributed by atoms with Crippen molar-refractivity contribution in [1.82, 2.24) is 4.98 Å². The van der Waals surface area contributed by atoms with Crippen LogP contribution in [0.5, 0.6) is 0 Å². The fraction of sp³-hybridized carbons (Fsp3) is 0.214. The molecule has 0 saturated carbocycles. The Bertz CT molecular complexity index is 534. The quantitative estimate of drug-likeness (QED) is 0.779. The van der Waals surface area contributed by atoms with E-state index in [4.69, 9.17) is 0 Å². The van der Waals surface area contributed by atoms with Gasteiger partial charge in [-0.25, -0.2) is 0 Å². The van der Waals surface area contributed by atoms with Crippen molar-refractivity contribution in [3.8, 4) is 0 Å². The molecule has 2 nitrogen and oxygen atoms in total. The molecule has 0 spiro atoms. The smallest absolute Gasteiger partial charge is 0.158 e. The van der Waals surface area contributed by atoms with Crippen LogP contribution < -0.4 is 0 Å². The van der Waals surface area contributed by atoms with Gasteiger partial charge in [-0.3, -0.25) is 4.79 Å². The Labute approximate surface area is 95.0 Å². The molecule has 1 aromatic heterocycles. The van der Waals surface area contributed by atoms with Crippen molar-refractivity contribution in [3.05, 3.63) is 42.1 Å². The average Bonchev–Trinajstić information content (AvgIpc) is 2.72. The Kier molecular flexibility index (Phi) is 2.91. The molecule has 0 aliphatic heterocycles. The maximum absolute atomic E-state index is 11.4. The third-order valence-electron chi connectivity index (χ3n) is 2.59. The third-order valence-corrected chi connectivity index (χ3v) is 2.59. The van der Waals surface area contributed by atoms with Crippen molar-refractivity contribution in [3.63, 3.8) is 0 Å². The fourth-order valence-electron chi connectivity index (χ4n) is 1.55. The largest absolute Gasteiger partial charge is 0.361 e. The maximum Gasteiger partial charge on any atom is 0.158 e. The van der Waals surface area contributed by atoms with Crippen LogP contribution in [0, 0.1) is 5.92 Å². The number of nitrogens with one attached hydrogen (secondary N) is 1. The highest BCUT2D eigenvalue weighted by molar-refractivity contribution is 5.95. The van der Waals surface area contributed by atoms with E-state index in [9.17, 15) is 4.79 Å². The number of carbonyl (C=O) groups is 1. The monoisotopic (exact) mass is 213 g/mol. The maximum atomic E-state index is 11.4. The minimum absolute atomic E-state index is 0.0623. The number of hydrogen-bond donors (Lipinski definition) is 1. The van der Waals surface area contributed by atoms with E-state index in [0.717, 1.165) is 11.1 Å². The molecule has 0 radical (unpaired) electrons. The van der Waals surface area contributed by atoms with Gasteiger partial charge < -0.3 is 4.98 Å². The Morgan fingerprint density at radius 3 is 2.88 bits per heavy atom. The zero-order valence-corrected chi connectivity index (χ0v) is 9.53. The Morgan fingerprint density at radius 1 is 1.31 bits per heavy atom. The number of fused-ring (bicyclic) bond motifs is 1. The van der Waals surface area contributed by atoms with Gasteiger partial charge in [0.05, 0.1) is 0 Å². The van der Waals surface area contributed by atoms with Gasteiger partial charge >= 0.3 is 0 Å². The highest BCUT2D eigenvalue weighted by Gasteiger charge is 2.01. The second-order valence-corrected chi connectivity index (χ2v) is 4.21. The van der Waals surface area contributed by atoms with Gasteiger partial charge in [0.25, 0.3) is 0 Å². The molecule has 0 bridgehead atoms. The summed E-state index contributed by atoms with van der Waals surface area (Å²) in [5, 5.41) is 1.17. The summed E-state index contributed by atoms with van der Waals surface area (Å²) in [6.45, 7) is 3.81. The Hall–Kier alpha value is -1.83. The molecule has 1 aromatic carbocycles. The predicted molar refractivity (Wildman–Crippen MR) is 67.2 cm³/mol. The summed E-state index contributed by atoms with van der Waals surface area (Å²) < 4.78 is 0. The number of ketones is 1. The summed E-state index contributed by atoms with van der Waals surface area (Å²) >= 11 is 0. The van der Waals surface area contributed by atoms with Crippen molar-refractivity contribution in [2.24, 2.45) is 5.92 Å². The van der Waals surface area contributed by atoms with Crippen molar-refractivity contribution in [1.29, 1.82) is 0 Å². The van der Waals surface area contributed by atoms with Crippen molar-refractivity contribution >= 4 is 22.8 Å². The molecule has 0 amide bonds. The summed E-state index contributed by atoms with van der Waals surface area (Å²) in [6.07, 6.45) is 5.44. The molecule has 0 saturated heterocycles. The first-order chi connectivity index (χ1) is 7.66. The molecular weight excluding hydrogens is 198 g/mol. The molecule has 82 valence electrons. The second kappa shape index (κ2) is 4.35. The van der Waals surface area contributed by atoms with E-state index in [-0.39, 0.29) is 11.7 Å². The number of hydrogen-bond acceptors (Lipinski definition) is 1. The molecule has 0 atom stereocenters. The van der Waals surface area contributed by atoms with Gasteiger partial charge in [-0.1, -0.05) is 26.0 Å². The summed E-state index contributed by atoms with van der Waals surface area (Å²) in [7, 11) is 0. The molecule has 0 aliphatic rings. The van der Waals surface area contributed by atoms with E-state index in [1.165, 1.54) is 5.39 Å². The summed E-state index contributed by atoms with van der Waals surface area (Å²) in [5.41, 5.74) is 2.17. The number of aromatic nitrogens is 1. The zero-order chi connectivity index (χ0) is 11.5. The standard InChI is InChI=1S/C14H15NO/c1-10(2)14(16)6-4-11-3-5-13-12(9-11)7-8-15-13/h3-10,15H,1-2H3. The lowest BCUT2D eigenvalue weighted by Gasteiger charge is -1.97. The number of carbonyl (C=O) groups excluding carboxylic acids is 1. The van der Waals surface area contributed by atoms with Crippen LogP contribution >= 0.6 is 0 Å².